The van der Waals surface area contributed by atoms with E-state index in [-0.39, 0.29) is 5.91 Å². The van der Waals surface area contributed by atoms with Crippen LogP contribution in [0, 0.1) is 5.92 Å². The van der Waals surface area contributed by atoms with Crippen molar-refractivity contribution >= 4 is 23.2 Å². The van der Waals surface area contributed by atoms with Crippen molar-refractivity contribution in [3.05, 3.63) is 46.5 Å². The Labute approximate surface area is 211 Å². The van der Waals surface area contributed by atoms with E-state index < -0.39 is 0 Å². The Morgan fingerprint density at radius 3 is 2.77 bits per heavy atom. The van der Waals surface area contributed by atoms with Crippen LogP contribution in [-0.2, 0) is 11.3 Å². The average molecular weight is 504 g/mol. The van der Waals surface area contributed by atoms with Gasteiger partial charge in [0.15, 0.2) is 11.5 Å². The third-order valence-corrected chi connectivity index (χ3v) is 6.87. The van der Waals surface area contributed by atoms with Crippen molar-refractivity contribution in [3.8, 4) is 17.2 Å². The van der Waals surface area contributed by atoms with Gasteiger partial charge in [0.2, 0.25) is 6.79 Å². The highest BCUT2D eigenvalue weighted by Gasteiger charge is 2.21. The summed E-state index contributed by atoms with van der Waals surface area (Å²) in [6, 6.07) is 9.07. The third kappa shape index (κ3) is 6.93. The van der Waals surface area contributed by atoms with E-state index in [1.54, 1.807) is 12.1 Å². The second kappa shape index (κ2) is 12.3. The molecule has 190 valence electrons. The maximum absolute atomic E-state index is 12.6. The molecule has 0 unspecified atom stereocenters. The van der Waals surface area contributed by atoms with Crippen molar-refractivity contribution in [1.82, 2.24) is 10.2 Å². The van der Waals surface area contributed by atoms with Crippen molar-refractivity contribution in [2.24, 2.45) is 5.92 Å². The van der Waals surface area contributed by atoms with Crippen LogP contribution in [-0.4, -0.2) is 57.5 Å². The number of amides is 1. The lowest BCUT2D eigenvalue weighted by Crippen LogP contribution is -2.39. The number of unbranched alkanes of at least 4 members (excludes halogenated alkanes) is 1. The first-order chi connectivity index (χ1) is 17.0. The van der Waals surface area contributed by atoms with E-state index in [0.717, 1.165) is 69.0 Å². The number of benzene rings is 2. The Balaban J connectivity index is 1.08. The molecule has 3 N–H and O–H groups in total. The monoisotopic (exact) mass is 503 g/mol. The summed E-state index contributed by atoms with van der Waals surface area (Å²) in [5.41, 5.74) is 7.70. The largest absolute Gasteiger partial charge is 0.496 e. The van der Waals surface area contributed by atoms with E-state index in [2.05, 4.69) is 10.2 Å². The molecule has 35 heavy (non-hydrogen) atoms. The van der Waals surface area contributed by atoms with Crippen molar-refractivity contribution in [2.45, 2.75) is 32.3 Å². The minimum atomic E-state index is -0.188. The van der Waals surface area contributed by atoms with Crippen LogP contribution in [0.15, 0.2) is 30.3 Å². The molecule has 4 rings (SSSR count). The number of carbonyl (C=O) groups is 1. The molecule has 0 spiro atoms. The van der Waals surface area contributed by atoms with Gasteiger partial charge in [0.05, 0.1) is 30.0 Å². The van der Waals surface area contributed by atoms with Crippen molar-refractivity contribution in [1.29, 1.82) is 0 Å². The van der Waals surface area contributed by atoms with Crippen LogP contribution < -0.4 is 25.3 Å². The number of nitrogens with two attached hydrogens (primary N) is 1. The number of likely N-dealkylation sites (tertiary alicyclic amines) is 1. The van der Waals surface area contributed by atoms with Gasteiger partial charge in [0.1, 0.15) is 5.75 Å². The minimum Gasteiger partial charge on any atom is -0.496 e. The fourth-order valence-corrected chi connectivity index (χ4v) is 4.59. The van der Waals surface area contributed by atoms with Gasteiger partial charge in [-0.25, -0.2) is 0 Å². The molecule has 2 aliphatic heterocycles. The molecule has 0 bridgehead atoms. The number of nitrogen functional groups attached to an aromatic ring is 1. The maximum atomic E-state index is 12.6. The molecule has 1 saturated heterocycles. The van der Waals surface area contributed by atoms with Gasteiger partial charge >= 0.3 is 0 Å². The molecule has 9 heteroatoms. The zero-order chi connectivity index (χ0) is 24.6. The first-order valence-corrected chi connectivity index (χ1v) is 12.5. The maximum Gasteiger partial charge on any atom is 0.255 e. The molecule has 0 aliphatic carbocycles. The van der Waals surface area contributed by atoms with Gasteiger partial charge in [-0.15, -0.1) is 0 Å². The molecule has 1 amide bonds. The van der Waals surface area contributed by atoms with Crippen molar-refractivity contribution in [2.75, 3.05) is 52.4 Å². The molecule has 0 saturated carbocycles. The molecular weight excluding hydrogens is 470 g/mol. The van der Waals surface area contributed by atoms with E-state index in [4.69, 9.17) is 36.3 Å². The predicted octanol–water partition coefficient (Wildman–Crippen LogP) is 4.10. The number of methoxy groups -OCH3 is 1. The van der Waals surface area contributed by atoms with E-state index in [9.17, 15) is 4.79 Å². The number of ether oxygens (including phenoxy) is 4. The van der Waals surface area contributed by atoms with Crippen LogP contribution in [0.5, 0.6) is 17.2 Å². The minimum absolute atomic E-state index is 0.188. The zero-order valence-electron chi connectivity index (χ0n) is 20.2. The highest BCUT2D eigenvalue weighted by molar-refractivity contribution is 6.33. The number of hydrogen-bond donors (Lipinski definition) is 2. The van der Waals surface area contributed by atoms with Gasteiger partial charge < -0.3 is 34.9 Å². The number of fused-ring (bicyclic) bond motifs is 1. The second-order valence-electron chi connectivity index (χ2n) is 9.02. The molecule has 2 aromatic rings. The van der Waals surface area contributed by atoms with Gasteiger partial charge in [-0.3, -0.25) is 4.79 Å². The third-order valence-electron chi connectivity index (χ3n) is 6.54. The normalized spacial score (nSPS) is 15.8. The van der Waals surface area contributed by atoms with Crippen LogP contribution in [0.3, 0.4) is 0 Å². The number of hydrogen-bond acceptors (Lipinski definition) is 7. The Morgan fingerprint density at radius 1 is 1.17 bits per heavy atom. The number of nitrogens with zero attached hydrogens (tertiary/aromatic N) is 1. The van der Waals surface area contributed by atoms with E-state index >= 15 is 0 Å². The van der Waals surface area contributed by atoms with Crippen LogP contribution in [0.4, 0.5) is 5.69 Å². The molecule has 2 heterocycles. The summed E-state index contributed by atoms with van der Waals surface area (Å²) >= 11 is 6.09. The van der Waals surface area contributed by atoms with Gasteiger partial charge in [-0.05, 0) is 75.0 Å². The Kier molecular flexibility index (Phi) is 8.95. The number of piperidine rings is 1. The summed E-state index contributed by atoms with van der Waals surface area (Å²) in [6.07, 6.45) is 4.29. The predicted molar refractivity (Wildman–Crippen MR) is 135 cm³/mol. The summed E-state index contributed by atoms with van der Waals surface area (Å²) in [5.74, 6) is 2.30. The fourth-order valence-electron chi connectivity index (χ4n) is 4.42. The quantitative estimate of drug-likeness (QED) is 0.352. The summed E-state index contributed by atoms with van der Waals surface area (Å²) in [7, 11) is 1.51. The standard InChI is InChI=1S/C26H34ClN3O5/c1-32-24-14-22(28)21(27)13-20(24)26(31)29-15-18-6-9-30(10-7-18)8-2-3-11-33-16-19-4-5-23-25(12-19)35-17-34-23/h4-5,12-14,18H,2-3,6-11,15-17,28H2,1H3,(H,29,31). The van der Waals surface area contributed by atoms with Crippen LogP contribution in [0.25, 0.3) is 0 Å². The smallest absolute Gasteiger partial charge is 0.255 e. The number of halogens is 1. The van der Waals surface area contributed by atoms with Gasteiger partial charge in [0, 0.05) is 19.2 Å². The van der Waals surface area contributed by atoms with E-state index in [1.165, 1.54) is 7.11 Å². The molecule has 0 atom stereocenters. The second-order valence-corrected chi connectivity index (χ2v) is 9.42. The highest BCUT2D eigenvalue weighted by atomic mass is 35.5. The fraction of sp³-hybridized carbons (Fsp3) is 0.500. The highest BCUT2D eigenvalue weighted by Crippen LogP contribution is 2.32. The summed E-state index contributed by atoms with van der Waals surface area (Å²) < 4.78 is 21.9. The molecule has 2 aliphatic rings. The van der Waals surface area contributed by atoms with Gasteiger partial charge in [0.25, 0.3) is 5.91 Å². The molecular formula is C26H34ClN3O5. The van der Waals surface area contributed by atoms with Crippen LogP contribution >= 0.6 is 11.6 Å². The first-order valence-electron chi connectivity index (χ1n) is 12.1. The summed E-state index contributed by atoms with van der Waals surface area (Å²) in [5, 5.41) is 3.38. The first kappa shape index (κ1) is 25.4. The summed E-state index contributed by atoms with van der Waals surface area (Å²) in [4.78, 5) is 15.1. The Hall–Kier alpha value is -2.68. The molecule has 2 aromatic carbocycles. The number of nitrogens with one attached hydrogen (secondary N) is 1. The molecule has 1 fully saturated rings. The number of carbonyl (C=O) groups excluding carboxylic acids is 1. The van der Waals surface area contributed by atoms with Gasteiger partial charge in [-0.2, -0.15) is 0 Å². The lowest BCUT2D eigenvalue weighted by atomic mass is 9.96. The molecule has 8 nitrogen and oxygen atoms in total. The summed E-state index contributed by atoms with van der Waals surface area (Å²) in [6.45, 7) is 5.45. The van der Waals surface area contributed by atoms with E-state index in [1.807, 2.05) is 18.2 Å². The lowest BCUT2D eigenvalue weighted by Gasteiger charge is -2.32. The van der Waals surface area contributed by atoms with Crippen molar-refractivity contribution < 1.29 is 23.7 Å². The van der Waals surface area contributed by atoms with Crippen LogP contribution in [0.1, 0.15) is 41.6 Å². The zero-order valence-corrected chi connectivity index (χ0v) is 20.9. The Bertz CT molecular complexity index is 1010. The average Bonchev–Trinajstić information content (AvgIpc) is 3.34. The number of anilines is 1. The number of rotatable bonds is 11. The topological polar surface area (TPSA) is 95.3 Å². The molecule has 0 radical (unpaired) electrons. The lowest BCUT2D eigenvalue weighted by molar-refractivity contribution is 0.0930. The molecule has 0 aromatic heterocycles. The Morgan fingerprint density at radius 2 is 1.97 bits per heavy atom. The van der Waals surface area contributed by atoms with Gasteiger partial charge in [-0.1, -0.05) is 17.7 Å². The van der Waals surface area contributed by atoms with Crippen molar-refractivity contribution in [3.63, 3.8) is 0 Å². The van der Waals surface area contributed by atoms with Crippen LogP contribution in [0.2, 0.25) is 5.02 Å². The van der Waals surface area contributed by atoms with E-state index in [0.29, 0.717) is 47.9 Å². The SMILES string of the molecule is COc1cc(N)c(Cl)cc1C(=O)NCC1CCN(CCCCOCc2ccc3c(c2)OCO3)CC1.